The summed E-state index contributed by atoms with van der Waals surface area (Å²) in [5, 5.41) is 3.30. The topological polar surface area (TPSA) is 63.8 Å². The molecule has 1 aromatic heterocycles. The van der Waals surface area contributed by atoms with Crippen molar-refractivity contribution in [3.63, 3.8) is 0 Å². The van der Waals surface area contributed by atoms with E-state index in [9.17, 15) is 0 Å². The van der Waals surface area contributed by atoms with E-state index < -0.39 is 0 Å². The summed E-state index contributed by atoms with van der Waals surface area (Å²) in [5.41, 5.74) is 11.7. The summed E-state index contributed by atoms with van der Waals surface area (Å²) in [4.78, 5) is 8.60. The van der Waals surface area contributed by atoms with Crippen molar-refractivity contribution < 1.29 is 0 Å². The Labute approximate surface area is 205 Å². The summed E-state index contributed by atoms with van der Waals surface area (Å²) >= 11 is 7.07. The summed E-state index contributed by atoms with van der Waals surface area (Å²) in [7, 11) is 0. The van der Waals surface area contributed by atoms with E-state index in [1.54, 1.807) is 6.20 Å². The van der Waals surface area contributed by atoms with Gasteiger partial charge >= 0.3 is 0 Å². The highest BCUT2D eigenvalue weighted by Crippen LogP contribution is 2.17. The molecular weight excluding hydrogens is 432 g/mol. The Bertz CT molecular complexity index is 802. The number of thioether (sulfide) groups is 1. The van der Waals surface area contributed by atoms with Crippen molar-refractivity contribution in [3.8, 4) is 0 Å². The first-order valence-electron chi connectivity index (χ1n) is 11.3. The molecule has 1 rings (SSSR count). The van der Waals surface area contributed by atoms with Gasteiger partial charge in [-0.1, -0.05) is 58.8 Å². The summed E-state index contributed by atoms with van der Waals surface area (Å²) in [6.45, 7) is 10.9. The molecule has 1 unspecified atom stereocenters. The molecule has 0 saturated carbocycles. The number of anilines is 1. The van der Waals surface area contributed by atoms with E-state index in [2.05, 4.69) is 74.2 Å². The van der Waals surface area contributed by atoms with Gasteiger partial charge < -0.3 is 11.1 Å². The zero-order valence-electron chi connectivity index (χ0n) is 20.4. The number of nitrogens with one attached hydrogen (secondary N) is 1. The van der Waals surface area contributed by atoms with Gasteiger partial charge in [0.25, 0.3) is 0 Å². The minimum atomic E-state index is -0.0917. The van der Waals surface area contributed by atoms with Gasteiger partial charge in [0.15, 0.2) is 0 Å². The molecule has 0 bridgehead atoms. The van der Waals surface area contributed by atoms with E-state index in [4.69, 9.17) is 18.0 Å². The molecule has 0 fully saturated rings. The van der Waals surface area contributed by atoms with Crippen molar-refractivity contribution in [2.45, 2.75) is 72.8 Å². The smallest absolute Gasteiger partial charge is 0.129 e. The maximum Gasteiger partial charge on any atom is 0.129 e. The number of thiocarbonyl (C=S) groups is 1. The lowest BCUT2D eigenvalue weighted by Gasteiger charge is -2.17. The van der Waals surface area contributed by atoms with E-state index in [1.165, 1.54) is 28.6 Å². The van der Waals surface area contributed by atoms with Crippen LogP contribution in [0, 0.1) is 0 Å². The third-order valence-electron chi connectivity index (χ3n) is 4.84. The highest BCUT2D eigenvalue weighted by Gasteiger charge is 2.12. The largest absolute Gasteiger partial charge is 0.392 e. The Balaban J connectivity index is 2.58. The first-order valence-corrected chi connectivity index (χ1v) is 12.8. The molecule has 176 valence electrons. The third-order valence-corrected chi connectivity index (χ3v) is 6.10. The second kappa shape index (κ2) is 16.7. The van der Waals surface area contributed by atoms with Crippen LogP contribution in [0.3, 0.4) is 0 Å². The molecule has 32 heavy (non-hydrogen) atoms. The predicted octanol–water partition coefficient (Wildman–Crippen LogP) is 7.03. The van der Waals surface area contributed by atoms with Crippen LogP contribution >= 0.6 is 24.0 Å². The molecule has 0 aliphatic carbocycles. The summed E-state index contributed by atoms with van der Waals surface area (Å²) in [6, 6.07) is 1.73. The summed E-state index contributed by atoms with van der Waals surface area (Å²) in [5.74, 6) is 2.49. The molecule has 1 heterocycles. The predicted molar refractivity (Wildman–Crippen MR) is 147 cm³/mol. The number of aromatic nitrogens is 2. The van der Waals surface area contributed by atoms with Gasteiger partial charge in [0.1, 0.15) is 12.1 Å². The fraction of sp³-hybridized carbons (Fsp3) is 0.500. The van der Waals surface area contributed by atoms with Crippen LogP contribution in [-0.2, 0) is 0 Å². The maximum absolute atomic E-state index is 5.93. The Hall–Kier alpha value is -1.92. The zero-order valence-corrected chi connectivity index (χ0v) is 22.0. The summed E-state index contributed by atoms with van der Waals surface area (Å²) in [6.07, 6.45) is 18.1. The minimum absolute atomic E-state index is 0.0917. The molecule has 0 saturated heterocycles. The molecule has 0 spiro atoms. The van der Waals surface area contributed by atoms with Crippen LogP contribution in [-0.4, -0.2) is 32.5 Å². The Morgan fingerprint density at radius 2 is 1.78 bits per heavy atom. The molecule has 1 aromatic rings. The van der Waals surface area contributed by atoms with Gasteiger partial charge in [0, 0.05) is 17.7 Å². The van der Waals surface area contributed by atoms with E-state index in [-0.39, 0.29) is 6.04 Å². The average molecular weight is 473 g/mol. The fourth-order valence-corrected chi connectivity index (χ4v) is 4.17. The molecule has 0 aliphatic rings. The molecule has 6 heteroatoms. The zero-order chi connectivity index (χ0) is 23.8. The van der Waals surface area contributed by atoms with E-state index in [0.717, 1.165) is 49.4 Å². The van der Waals surface area contributed by atoms with Gasteiger partial charge in [-0.25, -0.2) is 9.97 Å². The second-order valence-corrected chi connectivity index (χ2v) is 10.0. The van der Waals surface area contributed by atoms with Crippen LogP contribution in [0.2, 0.25) is 0 Å². The quantitative estimate of drug-likeness (QED) is 0.162. The Kier molecular flexibility index (Phi) is 14.7. The number of allylic oxidation sites excluding steroid dienone is 7. The minimum Gasteiger partial charge on any atom is -0.392 e. The highest BCUT2D eigenvalue weighted by molar-refractivity contribution is 7.99. The van der Waals surface area contributed by atoms with Crippen molar-refractivity contribution in [2.75, 3.05) is 16.8 Å². The lowest BCUT2D eigenvalue weighted by atomic mass is 10.0. The van der Waals surface area contributed by atoms with Crippen LogP contribution in [0.5, 0.6) is 0 Å². The molecule has 4 nitrogen and oxygen atoms in total. The second-order valence-electron chi connectivity index (χ2n) is 8.49. The number of hydrogen-bond donors (Lipinski definition) is 2. The van der Waals surface area contributed by atoms with Gasteiger partial charge in [-0.2, -0.15) is 11.8 Å². The van der Waals surface area contributed by atoms with Gasteiger partial charge in [0.05, 0.1) is 11.0 Å². The van der Waals surface area contributed by atoms with E-state index in [0.29, 0.717) is 4.99 Å². The number of nitrogens with two attached hydrogens (primary N) is 1. The Morgan fingerprint density at radius 3 is 2.41 bits per heavy atom. The van der Waals surface area contributed by atoms with Crippen LogP contribution in [0.15, 0.2) is 65.2 Å². The normalized spacial score (nSPS) is 12.8. The standard InChI is InChI=1S/C26H40N4S2/c1-20(2)8-6-9-22(5)10-7-11-23(13-12-21(3)4)15-17-32-18-24(26(27)31)30-25-14-16-28-19-29-25/h8,10,12,14-16,19,24H,6-7,9,11,13,17-18H2,1-5H3,(H2,27,31)(H,28,29,30). The fourth-order valence-electron chi connectivity index (χ4n) is 2.93. The SMILES string of the molecule is CC(C)=CCCC(C)=CCCC(=CCSCC(Nc1ccncn1)C(N)=S)CC=C(C)C. The number of rotatable bonds is 15. The first-order chi connectivity index (χ1) is 15.3. The van der Waals surface area contributed by atoms with Crippen LogP contribution in [0.1, 0.15) is 66.7 Å². The van der Waals surface area contributed by atoms with Gasteiger partial charge in [-0.05, 0) is 72.8 Å². The Morgan fingerprint density at radius 1 is 1.06 bits per heavy atom. The van der Waals surface area contributed by atoms with Crippen molar-refractivity contribution in [3.05, 3.63) is 65.2 Å². The molecule has 3 N–H and O–H groups in total. The van der Waals surface area contributed by atoms with Gasteiger partial charge in [-0.3, -0.25) is 0 Å². The molecule has 1 atom stereocenters. The third kappa shape index (κ3) is 14.2. The maximum atomic E-state index is 5.93. The van der Waals surface area contributed by atoms with Crippen molar-refractivity contribution in [1.82, 2.24) is 9.97 Å². The van der Waals surface area contributed by atoms with E-state index in [1.807, 2.05) is 17.8 Å². The molecule has 0 radical (unpaired) electrons. The van der Waals surface area contributed by atoms with Crippen molar-refractivity contribution in [1.29, 1.82) is 0 Å². The monoisotopic (exact) mass is 472 g/mol. The number of hydrogen-bond acceptors (Lipinski definition) is 5. The molecular formula is C26H40N4S2. The first kappa shape index (κ1) is 28.1. The van der Waals surface area contributed by atoms with Crippen LogP contribution in [0.25, 0.3) is 0 Å². The van der Waals surface area contributed by atoms with Gasteiger partial charge in [0.2, 0.25) is 0 Å². The molecule has 0 amide bonds. The van der Waals surface area contributed by atoms with Gasteiger partial charge in [-0.15, -0.1) is 0 Å². The van der Waals surface area contributed by atoms with E-state index >= 15 is 0 Å². The van der Waals surface area contributed by atoms with Crippen LogP contribution < -0.4 is 11.1 Å². The molecule has 0 aliphatic heterocycles. The summed E-state index contributed by atoms with van der Waals surface area (Å²) < 4.78 is 0. The van der Waals surface area contributed by atoms with Crippen LogP contribution in [0.4, 0.5) is 5.82 Å². The molecule has 0 aromatic carbocycles. The average Bonchev–Trinajstić information content (AvgIpc) is 2.73. The van der Waals surface area contributed by atoms with Crippen molar-refractivity contribution >= 4 is 34.8 Å². The highest BCUT2D eigenvalue weighted by atomic mass is 32.2. The lowest BCUT2D eigenvalue weighted by Crippen LogP contribution is -2.36. The number of nitrogens with zero attached hydrogens (tertiary/aromatic N) is 2. The lowest BCUT2D eigenvalue weighted by molar-refractivity contribution is 0.899. The van der Waals surface area contributed by atoms with Crippen molar-refractivity contribution in [2.24, 2.45) is 5.73 Å².